The quantitative estimate of drug-likeness (QED) is 0.691. The van der Waals surface area contributed by atoms with Gasteiger partial charge in [0.05, 0.1) is 5.92 Å². The zero-order chi connectivity index (χ0) is 15.2. The molecule has 0 heterocycles. The third-order valence-electron chi connectivity index (χ3n) is 2.50. The van der Waals surface area contributed by atoms with E-state index in [1.807, 2.05) is 13.8 Å². The van der Waals surface area contributed by atoms with Gasteiger partial charge in [0.2, 0.25) is 5.91 Å². The summed E-state index contributed by atoms with van der Waals surface area (Å²) in [5.41, 5.74) is 5.11. The third-order valence-corrected chi connectivity index (χ3v) is 2.50. The molecule has 0 fully saturated rings. The maximum absolute atomic E-state index is 12.1. The minimum Gasteiger partial charge on any atom is -0.481 e. The summed E-state index contributed by atoms with van der Waals surface area (Å²) in [6.45, 7) is 5.67. The van der Waals surface area contributed by atoms with E-state index in [2.05, 4.69) is 0 Å². The standard InChI is InChI=1S/C12H23N3O4/c1-8(2)5-15(7-10(13)16)12(19)14(4)6-9(3)11(17)18/h8-9H,5-7H2,1-4H3,(H2,13,16)(H,17,18). The first-order chi connectivity index (χ1) is 8.65. The van der Waals surface area contributed by atoms with E-state index in [1.165, 1.54) is 23.8 Å². The Hall–Kier alpha value is -1.79. The number of amides is 3. The lowest BCUT2D eigenvalue weighted by Crippen LogP contribution is -2.48. The number of hydrogen-bond donors (Lipinski definition) is 2. The fourth-order valence-electron chi connectivity index (χ4n) is 1.65. The molecule has 0 saturated carbocycles. The number of aliphatic carboxylic acids is 1. The van der Waals surface area contributed by atoms with Crippen molar-refractivity contribution in [3.63, 3.8) is 0 Å². The van der Waals surface area contributed by atoms with Gasteiger partial charge in [-0.1, -0.05) is 20.8 Å². The molecule has 0 spiro atoms. The Morgan fingerprint density at radius 2 is 1.68 bits per heavy atom. The van der Waals surface area contributed by atoms with E-state index < -0.39 is 17.8 Å². The molecular formula is C12H23N3O4. The zero-order valence-electron chi connectivity index (χ0n) is 11.9. The SMILES string of the molecule is CC(C)CN(CC(N)=O)C(=O)N(C)CC(C)C(=O)O. The lowest BCUT2D eigenvalue weighted by molar-refractivity contribution is -0.141. The summed E-state index contributed by atoms with van der Waals surface area (Å²) in [6.07, 6.45) is 0. The number of hydrogen-bond acceptors (Lipinski definition) is 3. The molecule has 0 aromatic heterocycles. The van der Waals surface area contributed by atoms with Crippen LogP contribution in [-0.4, -0.2) is 59.5 Å². The molecule has 0 radical (unpaired) electrons. The number of primary amides is 1. The van der Waals surface area contributed by atoms with Crippen LogP contribution in [0.4, 0.5) is 4.79 Å². The number of carbonyl (C=O) groups is 3. The average Bonchev–Trinajstić information content (AvgIpc) is 2.25. The van der Waals surface area contributed by atoms with Crippen molar-refractivity contribution in [2.24, 2.45) is 17.6 Å². The summed E-state index contributed by atoms with van der Waals surface area (Å²) in [7, 11) is 1.51. The molecular weight excluding hydrogens is 250 g/mol. The first-order valence-corrected chi connectivity index (χ1v) is 6.16. The number of urea groups is 1. The molecule has 1 unspecified atom stereocenters. The molecule has 3 N–H and O–H groups in total. The van der Waals surface area contributed by atoms with Crippen LogP contribution in [0.15, 0.2) is 0 Å². The Labute approximate surface area is 113 Å². The smallest absolute Gasteiger partial charge is 0.320 e. The van der Waals surface area contributed by atoms with Crippen LogP contribution in [-0.2, 0) is 9.59 Å². The molecule has 19 heavy (non-hydrogen) atoms. The van der Waals surface area contributed by atoms with Crippen LogP contribution in [0, 0.1) is 11.8 Å². The van der Waals surface area contributed by atoms with Crippen molar-refractivity contribution in [3.8, 4) is 0 Å². The number of carboxylic acid groups (broad SMARTS) is 1. The Morgan fingerprint density at radius 3 is 2.05 bits per heavy atom. The van der Waals surface area contributed by atoms with Crippen LogP contribution in [0.2, 0.25) is 0 Å². The average molecular weight is 273 g/mol. The van der Waals surface area contributed by atoms with Crippen molar-refractivity contribution >= 4 is 17.9 Å². The predicted octanol–water partition coefficient (Wildman–Crippen LogP) is 0.202. The topological polar surface area (TPSA) is 104 Å². The van der Waals surface area contributed by atoms with Crippen molar-refractivity contribution in [1.29, 1.82) is 0 Å². The first-order valence-electron chi connectivity index (χ1n) is 6.16. The molecule has 0 rings (SSSR count). The summed E-state index contributed by atoms with van der Waals surface area (Å²) in [6, 6.07) is -0.388. The molecule has 1 atom stereocenters. The number of carbonyl (C=O) groups excluding carboxylic acids is 2. The van der Waals surface area contributed by atoms with Gasteiger partial charge >= 0.3 is 12.0 Å². The molecule has 7 heteroatoms. The van der Waals surface area contributed by atoms with E-state index in [4.69, 9.17) is 10.8 Å². The molecule has 0 bridgehead atoms. The summed E-state index contributed by atoms with van der Waals surface area (Å²) in [4.78, 5) is 36.5. The number of rotatable bonds is 7. The lowest BCUT2D eigenvalue weighted by Gasteiger charge is -2.29. The van der Waals surface area contributed by atoms with Crippen molar-refractivity contribution in [3.05, 3.63) is 0 Å². The lowest BCUT2D eigenvalue weighted by atomic mass is 10.2. The van der Waals surface area contributed by atoms with Gasteiger partial charge in [-0.05, 0) is 5.92 Å². The fraction of sp³-hybridized carbons (Fsp3) is 0.750. The fourth-order valence-corrected chi connectivity index (χ4v) is 1.65. The Kier molecular flexibility index (Phi) is 6.89. The van der Waals surface area contributed by atoms with Gasteiger partial charge in [0, 0.05) is 20.1 Å². The zero-order valence-corrected chi connectivity index (χ0v) is 11.9. The minimum atomic E-state index is -0.968. The van der Waals surface area contributed by atoms with Crippen molar-refractivity contribution in [2.45, 2.75) is 20.8 Å². The van der Waals surface area contributed by atoms with Gasteiger partial charge in [0.1, 0.15) is 6.54 Å². The molecule has 3 amide bonds. The third kappa shape index (κ3) is 6.64. The monoisotopic (exact) mass is 273 g/mol. The van der Waals surface area contributed by atoms with E-state index in [0.29, 0.717) is 6.54 Å². The van der Waals surface area contributed by atoms with Gasteiger partial charge in [-0.25, -0.2) is 4.79 Å². The predicted molar refractivity (Wildman–Crippen MR) is 70.4 cm³/mol. The van der Waals surface area contributed by atoms with Gasteiger partial charge in [-0.3, -0.25) is 9.59 Å². The summed E-state index contributed by atoms with van der Waals surface area (Å²) < 4.78 is 0. The second kappa shape index (κ2) is 7.60. The van der Waals surface area contributed by atoms with Crippen LogP contribution in [0.3, 0.4) is 0 Å². The molecule has 0 aromatic rings. The molecule has 0 aliphatic carbocycles. The number of nitrogens with zero attached hydrogens (tertiary/aromatic N) is 2. The van der Waals surface area contributed by atoms with Crippen LogP contribution >= 0.6 is 0 Å². The minimum absolute atomic E-state index is 0.0848. The van der Waals surface area contributed by atoms with Crippen LogP contribution < -0.4 is 5.73 Å². The van der Waals surface area contributed by atoms with E-state index in [9.17, 15) is 14.4 Å². The van der Waals surface area contributed by atoms with E-state index in [1.54, 1.807) is 0 Å². The van der Waals surface area contributed by atoms with Gasteiger partial charge in [-0.15, -0.1) is 0 Å². The highest BCUT2D eigenvalue weighted by Gasteiger charge is 2.23. The summed E-state index contributed by atoms with van der Waals surface area (Å²) in [5.74, 6) is -2.03. The second-order valence-electron chi connectivity index (χ2n) is 5.14. The first kappa shape index (κ1) is 17.2. The van der Waals surface area contributed by atoms with Gasteiger partial charge in [0.25, 0.3) is 0 Å². The van der Waals surface area contributed by atoms with E-state index in [-0.39, 0.29) is 25.0 Å². The van der Waals surface area contributed by atoms with Gasteiger partial charge in [0.15, 0.2) is 0 Å². The molecule has 0 aliphatic rings. The highest BCUT2D eigenvalue weighted by atomic mass is 16.4. The highest BCUT2D eigenvalue weighted by Crippen LogP contribution is 2.05. The normalized spacial score (nSPS) is 12.1. The van der Waals surface area contributed by atoms with Crippen LogP contribution in [0.5, 0.6) is 0 Å². The van der Waals surface area contributed by atoms with E-state index >= 15 is 0 Å². The maximum atomic E-state index is 12.1. The molecule has 110 valence electrons. The molecule has 0 saturated heterocycles. The highest BCUT2D eigenvalue weighted by molar-refractivity contribution is 5.83. The van der Waals surface area contributed by atoms with Crippen LogP contribution in [0.1, 0.15) is 20.8 Å². The molecule has 0 aliphatic heterocycles. The number of carboxylic acids is 1. The maximum Gasteiger partial charge on any atom is 0.320 e. The molecule has 7 nitrogen and oxygen atoms in total. The van der Waals surface area contributed by atoms with Crippen molar-refractivity contribution < 1.29 is 19.5 Å². The Bertz CT molecular complexity index is 344. The van der Waals surface area contributed by atoms with Crippen molar-refractivity contribution in [2.75, 3.05) is 26.7 Å². The second-order valence-corrected chi connectivity index (χ2v) is 5.14. The van der Waals surface area contributed by atoms with Crippen molar-refractivity contribution in [1.82, 2.24) is 9.80 Å². The van der Waals surface area contributed by atoms with Gasteiger partial charge < -0.3 is 20.6 Å². The van der Waals surface area contributed by atoms with E-state index in [0.717, 1.165) is 0 Å². The summed E-state index contributed by atoms with van der Waals surface area (Å²) in [5, 5.41) is 8.82. The van der Waals surface area contributed by atoms with Crippen LogP contribution in [0.25, 0.3) is 0 Å². The molecule has 0 aromatic carbocycles. The Balaban J connectivity index is 4.68. The van der Waals surface area contributed by atoms with Gasteiger partial charge in [-0.2, -0.15) is 0 Å². The Morgan fingerprint density at radius 1 is 1.16 bits per heavy atom. The summed E-state index contributed by atoms with van der Waals surface area (Å²) >= 11 is 0. The largest absolute Gasteiger partial charge is 0.481 e. The number of nitrogens with two attached hydrogens (primary N) is 1.